The summed E-state index contributed by atoms with van der Waals surface area (Å²) in [7, 11) is 1.59. The fourth-order valence-electron chi connectivity index (χ4n) is 2.69. The Balaban J connectivity index is 1.68. The summed E-state index contributed by atoms with van der Waals surface area (Å²) in [4.78, 5) is 14.7. The minimum atomic E-state index is -0.216. The number of amides is 1. The normalized spacial score (nSPS) is 13.2. The van der Waals surface area contributed by atoms with Crippen LogP contribution in [0.1, 0.15) is 28.8 Å². The first kappa shape index (κ1) is 18.9. The van der Waals surface area contributed by atoms with Gasteiger partial charge in [-0.3, -0.25) is 10.1 Å². The van der Waals surface area contributed by atoms with Gasteiger partial charge in [0.1, 0.15) is 5.75 Å². The van der Waals surface area contributed by atoms with Crippen LogP contribution >= 0.6 is 28.1 Å². The zero-order chi connectivity index (χ0) is 18.5. The number of hydrogen-bond donors (Lipinski definition) is 1. The molecule has 1 saturated carbocycles. The molecular formula is C20H21BrN2O2S. The molecule has 1 aliphatic rings. The van der Waals surface area contributed by atoms with Gasteiger partial charge in [-0.1, -0.05) is 30.3 Å². The fraction of sp³-hybridized carbons (Fsp3) is 0.300. The van der Waals surface area contributed by atoms with Gasteiger partial charge in [0.2, 0.25) is 0 Å². The summed E-state index contributed by atoms with van der Waals surface area (Å²) in [6.45, 7) is 1.57. The average Bonchev–Trinajstić information content (AvgIpc) is 3.46. The summed E-state index contributed by atoms with van der Waals surface area (Å²) < 4.78 is 5.94. The molecule has 3 rings (SSSR count). The smallest absolute Gasteiger partial charge is 0.257 e. The standard InChI is InChI=1S/C20H21BrN2O2S/c1-25-18-10-9-16(11-17(18)21)19(24)22-20(26)23(13-15-7-8-15)12-14-5-3-2-4-6-14/h2-6,9-11,15H,7-8,12-13H2,1H3,(H,22,24,26). The number of carbonyl (C=O) groups is 1. The highest BCUT2D eigenvalue weighted by atomic mass is 79.9. The van der Waals surface area contributed by atoms with Gasteiger partial charge >= 0.3 is 0 Å². The highest BCUT2D eigenvalue weighted by Crippen LogP contribution is 2.30. The third-order valence-electron chi connectivity index (χ3n) is 4.31. The van der Waals surface area contributed by atoms with Crippen molar-refractivity contribution in [3.05, 3.63) is 64.1 Å². The molecule has 0 heterocycles. The Morgan fingerprint density at radius 2 is 2.00 bits per heavy atom. The predicted octanol–water partition coefficient (Wildman–Crippen LogP) is 4.38. The van der Waals surface area contributed by atoms with Gasteiger partial charge in [0.05, 0.1) is 11.6 Å². The van der Waals surface area contributed by atoms with Crippen molar-refractivity contribution in [2.45, 2.75) is 19.4 Å². The summed E-state index contributed by atoms with van der Waals surface area (Å²) in [5.41, 5.74) is 1.71. The third-order valence-corrected chi connectivity index (χ3v) is 5.29. The van der Waals surface area contributed by atoms with Gasteiger partial charge in [0.25, 0.3) is 5.91 Å². The highest BCUT2D eigenvalue weighted by Gasteiger charge is 2.26. The van der Waals surface area contributed by atoms with Gasteiger partial charge in [-0.05, 0) is 70.7 Å². The molecule has 1 aliphatic carbocycles. The van der Waals surface area contributed by atoms with Crippen LogP contribution in [-0.2, 0) is 6.54 Å². The number of methoxy groups -OCH3 is 1. The summed E-state index contributed by atoms with van der Waals surface area (Å²) >= 11 is 8.94. The van der Waals surface area contributed by atoms with E-state index in [9.17, 15) is 4.79 Å². The van der Waals surface area contributed by atoms with Crippen molar-refractivity contribution in [1.29, 1.82) is 0 Å². The molecule has 26 heavy (non-hydrogen) atoms. The Hall–Kier alpha value is -1.92. The number of nitrogens with zero attached hydrogens (tertiary/aromatic N) is 1. The van der Waals surface area contributed by atoms with E-state index in [0.29, 0.717) is 28.9 Å². The molecule has 0 aromatic heterocycles. The molecule has 2 aromatic carbocycles. The molecule has 1 fully saturated rings. The monoisotopic (exact) mass is 432 g/mol. The largest absolute Gasteiger partial charge is 0.496 e. The lowest BCUT2D eigenvalue weighted by Gasteiger charge is -2.25. The van der Waals surface area contributed by atoms with E-state index in [1.165, 1.54) is 18.4 Å². The Bertz CT molecular complexity index is 794. The fourth-order valence-corrected chi connectivity index (χ4v) is 3.46. The highest BCUT2D eigenvalue weighted by molar-refractivity contribution is 9.10. The van der Waals surface area contributed by atoms with Gasteiger partial charge in [-0.25, -0.2) is 0 Å². The maximum atomic E-state index is 12.6. The zero-order valence-corrected chi connectivity index (χ0v) is 17.0. The van der Waals surface area contributed by atoms with Crippen molar-refractivity contribution >= 4 is 39.2 Å². The van der Waals surface area contributed by atoms with Crippen molar-refractivity contribution in [3.8, 4) is 5.75 Å². The topological polar surface area (TPSA) is 41.6 Å². The lowest BCUT2D eigenvalue weighted by Crippen LogP contribution is -2.43. The zero-order valence-electron chi connectivity index (χ0n) is 14.6. The lowest BCUT2D eigenvalue weighted by molar-refractivity contribution is 0.0972. The van der Waals surface area contributed by atoms with Crippen molar-refractivity contribution < 1.29 is 9.53 Å². The van der Waals surface area contributed by atoms with Crippen LogP contribution < -0.4 is 10.1 Å². The van der Waals surface area contributed by atoms with Crippen molar-refractivity contribution in [3.63, 3.8) is 0 Å². The second kappa shape index (κ2) is 8.64. The number of hydrogen-bond acceptors (Lipinski definition) is 3. The minimum absolute atomic E-state index is 0.216. The molecule has 0 spiro atoms. The van der Waals surface area contributed by atoms with Crippen LogP contribution in [0.2, 0.25) is 0 Å². The molecule has 0 saturated heterocycles. The SMILES string of the molecule is COc1ccc(C(=O)NC(=S)N(Cc2ccccc2)CC2CC2)cc1Br. The summed E-state index contributed by atoms with van der Waals surface area (Å²) in [6.07, 6.45) is 2.46. The molecule has 0 radical (unpaired) electrons. The van der Waals surface area contributed by atoms with Crippen LogP contribution in [0.5, 0.6) is 5.75 Å². The average molecular weight is 433 g/mol. The van der Waals surface area contributed by atoms with Crippen molar-refractivity contribution in [2.24, 2.45) is 5.92 Å². The quantitative estimate of drug-likeness (QED) is 0.687. The first-order valence-electron chi connectivity index (χ1n) is 8.54. The van der Waals surface area contributed by atoms with E-state index in [1.54, 1.807) is 25.3 Å². The van der Waals surface area contributed by atoms with Gasteiger partial charge in [0, 0.05) is 18.7 Å². The number of thiocarbonyl (C=S) groups is 1. The van der Waals surface area contributed by atoms with Crippen LogP contribution in [0, 0.1) is 5.92 Å². The number of benzene rings is 2. The summed E-state index contributed by atoms with van der Waals surface area (Å²) in [5.74, 6) is 1.14. The molecular weight excluding hydrogens is 412 g/mol. The molecule has 0 aliphatic heterocycles. The van der Waals surface area contributed by atoms with E-state index in [2.05, 4.69) is 38.3 Å². The van der Waals surface area contributed by atoms with Crippen LogP contribution in [0.25, 0.3) is 0 Å². The maximum absolute atomic E-state index is 12.6. The van der Waals surface area contributed by atoms with Gasteiger partial charge in [-0.2, -0.15) is 0 Å². The molecule has 1 N–H and O–H groups in total. The number of carbonyl (C=O) groups excluding carboxylic acids is 1. The molecule has 0 unspecified atom stereocenters. The van der Waals surface area contributed by atoms with Gasteiger partial charge < -0.3 is 9.64 Å². The van der Waals surface area contributed by atoms with E-state index in [4.69, 9.17) is 17.0 Å². The molecule has 136 valence electrons. The number of nitrogens with one attached hydrogen (secondary N) is 1. The minimum Gasteiger partial charge on any atom is -0.496 e. The number of rotatable bonds is 6. The van der Waals surface area contributed by atoms with Gasteiger partial charge in [0.15, 0.2) is 5.11 Å². The predicted molar refractivity (Wildman–Crippen MR) is 110 cm³/mol. The first-order valence-corrected chi connectivity index (χ1v) is 9.74. The first-order chi connectivity index (χ1) is 12.6. The van der Waals surface area contributed by atoms with E-state index in [1.807, 2.05) is 18.2 Å². The van der Waals surface area contributed by atoms with Crippen LogP contribution in [-0.4, -0.2) is 29.6 Å². The third kappa shape index (κ3) is 5.05. The molecule has 0 atom stereocenters. The second-order valence-corrected chi connectivity index (χ2v) is 7.66. The van der Waals surface area contributed by atoms with E-state index >= 15 is 0 Å². The molecule has 0 bridgehead atoms. The molecule has 1 amide bonds. The molecule has 4 nitrogen and oxygen atoms in total. The Labute approximate surface area is 167 Å². The van der Waals surface area contributed by atoms with Crippen LogP contribution in [0.3, 0.4) is 0 Å². The molecule has 2 aromatic rings. The van der Waals surface area contributed by atoms with E-state index < -0.39 is 0 Å². The molecule has 6 heteroatoms. The number of halogens is 1. The Kier molecular flexibility index (Phi) is 6.27. The van der Waals surface area contributed by atoms with E-state index in [-0.39, 0.29) is 5.91 Å². The summed E-state index contributed by atoms with van der Waals surface area (Å²) in [5, 5.41) is 3.34. The van der Waals surface area contributed by atoms with E-state index in [0.717, 1.165) is 11.0 Å². The van der Waals surface area contributed by atoms with Crippen molar-refractivity contribution in [1.82, 2.24) is 10.2 Å². The number of ether oxygens (including phenoxy) is 1. The van der Waals surface area contributed by atoms with Gasteiger partial charge in [-0.15, -0.1) is 0 Å². The lowest BCUT2D eigenvalue weighted by atomic mass is 10.2. The van der Waals surface area contributed by atoms with Crippen LogP contribution in [0.4, 0.5) is 0 Å². The van der Waals surface area contributed by atoms with Crippen molar-refractivity contribution in [2.75, 3.05) is 13.7 Å². The summed E-state index contributed by atoms with van der Waals surface area (Å²) in [6, 6.07) is 15.4. The van der Waals surface area contributed by atoms with Crippen LogP contribution in [0.15, 0.2) is 53.0 Å². The maximum Gasteiger partial charge on any atom is 0.257 e. The second-order valence-electron chi connectivity index (χ2n) is 6.42. The Morgan fingerprint density at radius 1 is 1.27 bits per heavy atom. The Morgan fingerprint density at radius 3 is 2.62 bits per heavy atom.